The Kier molecular flexibility index (Phi) is 7.16. The van der Waals surface area contributed by atoms with E-state index < -0.39 is 0 Å². The summed E-state index contributed by atoms with van der Waals surface area (Å²) in [6, 6.07) is 22.1. The van der Waals surface area contributed by atoms with Crippen molar-refractivity contribution in [2.45, 2.75) is 13.3 Å². The van der Waals surface area contributed by atoms with E-state index in [4.69, 9.17) is 0 Å². The zero-order valence-corrected chi connectivity index (χ0v) is 16.8. The molecule has 0 unspecified atom stereocenters. The Bertz CT molecular complexity index is 974. The minimum Gasteiger partial charge on any atom is -0.352 e. The van der Waals surface area contributed by atoms with Gasteiger partial charge in [0, 0.05) is 30.0 Å². The van der Waals surface area contributed by atoms with Crippen LogP contribution in [0.2, 0.25) is 0 Å². The van der Waals surface area contributed by atoms with Gasteiger partial charge in [0.15, 0.2) is 0 Å². The van der Waals surface area contributed by atoms with Crippen LogP contribution in [-0.2, 0) is 0 Å². The number of rotatable bonds is 7. The van der Waals surface area contributed by atoms with Gasteiger partial charge in [-0.2, -0.15) is 0 Å². The number of aryl methyl sites for hydroxylation is 1. The highest BCUT2D eigenvalue weighted by atomic mass is 19.1. The molecule has 3 amide bonds. The minimum atomic E-state index is -0.385. The van der Waals surface area contributed by atoms with E-state index in [9.17, 15) is 14.0 Å². The Morgan fingerprint density at radius 1 is 0.900 bits per heavy atom. The average Bonchev–Trinajstić information content (AvgIpc) is 2.76. The Morgan fingerprint density at radius 3 is 2.23 bits per heavy atom. The third-order valence-electron chi connectivity index (χ3n) is 4.57. The molecule has 0 saturated carbocycles. The predicted octanol–water partition coefficient (Wildman–Crippen LogP) is 4.99. The van der Waals surface area contributed by atoms with Gasteiger partial charge in [0.25, 0.3) is 5.91 Å². The molecule has 2 N–H and O–H groups in total. The van der Waals surface area contributed by atoms with Crippen LogP contribution in [0.25, 0.3) is 0 Å². The van der Waals surface area contributed by atoms with Gasteiger partial charge >= 0.3 is 6.03 Å². The predicted molar refractivity (Wildman–Crippen MR) is 117 cm³/mol. The average molecular weight is 405 g/mol. The van der Waals surface area contributed by atoms with Crippen molar-refractivity contribution in [1.29, 1.82) is 0 Å². The number of nitrogens with one attached hydrogen (secondary N) is 2. The summed E-state index contributed by atoms with van der Waals surface area (Å²) in [4.78, 5) is 26.7. The number of para-hydroxylation sites is 1. The fraction of sp³-hybridized carbons (Fsp3) is 0.167. The van der Waals surface area contributed by atoms with Crippen molar-refractivity contribution >= 4 is 23.3 Å². The molecular formula is C24H24FN3O2. The number of nitrogens with zero attached hydrogens (tertiary/aromatic N) is 1. The molecular weight excluding hydrogens is 381 g/mol. The highest BCUT2D eigenvalue weighted by Crippen LogP contribution is 2.17. The third-order valence-corrected chi connectivity index (χ3v) is 4.57. The van der Waals surface area contributed by atoms with Gasteiger partial charge in [0.05, 0.1) is 0 Å². The monoisotopic (exact) mass is 405 g/mol. The lowest BCUT2D eigenvalue weighted by Gasteiger charge is -2.23. The van der Waals surface area contributed by atoms with Gasteiger partial charge in [0.2, 0.25) is 0 Å². The zero-order chi connectivity index (χ0) is 21.3. The van der Waals surface area contributed by atoms with E-state index in [1.54, 1.807) is 4.90 Å². The van der Waals surface area contributed by atoms with Crippen molar-refractivity contribution in [3.63, 3.8) is 0 Å². The Morgan fingerprint density at radius 2 is 1.57 bits per heavy atom. The molecule has 0 spiro atoms. The summed E-state index contributed by atoms with van der Waals surface area (Å²) < 4.78 is 13.0. The molecule has 0 saturated heterocycles. The molecule has 154 valence electrons. The summed E-state index contributed by atoms with van der Waals surface area (Å²) in [5.74, 6) is -0.657. The van der Waals surface area contributed by atoms with Crippen molar-refractivity contribution in [1.82, 2.24) is 5.32 Å². The maximum atomic E-state index is 13.0. The van der Waals surface area contributed by atoms with Gasteiger partial charge in [-0.1, -0.05) is 35.9 Å². The molecule has 3 rings (SSSR count). The first-order valence-corrected chi connectivity index (χ1v) is 9.77. The smallest absolute Gasteiger partial charge is 0.326 e. The fourth-order valence-corrected chi connectivity index (χ4v) is 2.93. The molecule has 0 aliphatic rings. The van der Waals surface area contributed by atoms with Crippen molar-refractivity contribution in [3.8, 4) is 0 Å². The van der Waals surface area contributed by atoms with Crippen LogP contribution in [0.3, 0.4) is 0 Å². The van der Waals surface area contributed by atoms with E-state index in [0.29, 0.717) is 25.1 Å². The van der Waals surface area contributed by atoms with Crippen LogP contribution in [0.1, 0.15) is 22.3 Å². The number of amides is 3. The van der Waals surface area contributed by atoms with E-state index >= 15 is 0 Å². The van der Waals surface area contributed by atoms with Crippen LogP contribution in [-0.4, -0.2) is 25.0 Å². The van der Waals surface area contributed by atoms with Crippen LogP contribution >= 0.6 is 0 Å². The van der Waals surface area contributed by atoms with Crippen LogP contribution in [0.15, 0.2) is 78.9 Å². The normalized spacial score (nSPS) is 10.3. The molecule has 3 aromatic carbocycles. The summed E-state index contributed by atoms with van der Waals surface area (Å²) in [5, 5.41) is 5.71. The van der Waals surface area contributed by atoms with E-state index in [1.165, 1.54) is 24.3 Å². The lowest BCUT2D eigenvalue weighted by atomic mass is 10.2. The molecule has 3 aromatic rings. The zero-order valence-electron chi connectivity index (χ0n) is 16.8. The van der Waals surface area contributed by atoms with E-state index in [1.807, 2.05) is 61.5 Å². The Hall–Kier alpha value is -3.67. The highest BCUT2D eigenvalue weighted by Gasteiger charge is 2.16. The molecule has 6 heteroatoms. The summed E-state index contributed by atoms with van der Waals surface area (Å²) in [6.45, 7) is 2.80. The van der Waals surface area contributed by atoms with E-state index in [-0.39, 0.29) is 17.8 Å². The fourth-order valence-electron chi connectivity index (χ4n) is 2.93. The first kappa shape index (κ1) is 21.0. The number of hydrogen-bond donors (Lipinski definition) is 2. The Balaban J connectivity index is 1.59. The largest absolute Gasteiger partial charge is 0.352 e. The molecule has 0 aliphatic heterocycles. The van der Waals surface area contributed by atoms with Crippen LogP contribution in [0.4, 0.5) is 20.6 Å². The number of carbonyl (C=O) groups excluding carboxylic acids is 2. The van der Waals surface area contributed by atoms with Crippen LogP contribution in [0.5, 0.6) is 0 Å². The van der Waals surface area contributed by atoms with E-state index in [2.05, 4.69) is 10.6 Å². The highest BCUT2D eigenvalue weighted by molar-refractivity contribution is 6.01. The Labute approximate surface area is 175 Å². The molecule has 0 atom stereocenters. The SMILES string of the molecule is Cc1ccc(NC(=O)N(CCCNC(=O)c2ccc(F)cc2)c2ccccc2)cc1. The van der Waals surface area contributed by atoms with Crippen molar-refractivity contribution in [2.75, 3.05) is 23.3 Å². The van der Waals surface area contributed by atoms with Crippen LogP contribution in [0, 0.1) is 12.7 Å². The van der Waals surface area contributed by atoms with Crippen LogP contribution < -0.4 is 15.5 Å². The van der Waals surface area contributed by atoms with Gasteiger partial charge in [-0.05, 0) is 61.9 Å². The van der Waals surface area contributed by atoms with Gasteiger partial charge in [-0.25, -0.2) is 9.18 Å². The first-order valence-electron chi connectivity index (χ1n) is 9.77. The molecule has 0 fully saturated rings. The second-order valence-corrected chi connectivity index (χ2v) is 6.90. The molecule has 30 heavy (non-hydrogen) atoms. The summed E-state index contributed by atoms with van der Waals surface area (Å²) in [5.41, 5.74) is 3.00. The standard InChI is InChI=1S/C24H24FN3O2/c1-18-8-14-21(15-9-18)27-24(30)28(22-6-3-2-4-7-22)17-5-16-26-23(29)19-10-12-20(25)13-11-19/h2-4,6-15H,5,16-17H2,1H3,(H,26,29)(H,27,30). The quantitative estimate of drug-likeness (QED) is 0.544. The number of halogens is 1. The maximum Gasteiger partial charge on any atom is 0.326 e. The molecule has 5 nitrogen and oxygen atoms in total. The molecule has 0 aromatic heterocycles. The van der Waals surface area contributed by atoms with Crippen molar-refractivity contribution in [3.05, 3.63) is 95.8 Å². The van der Waals surface area contributed by atoms with Gasteiger partial charge in [-0.15, -0.1) is 0 Å². The number of carbonyl (C=O) groups is 2. The first-order chi connectivity index (χ1) is 14.5. The topological polar surface area (TPSA) is 61.4 Å². The summed E-state index contributed by atoms with van der Waals surface area (Å²) >= 11 is 0. The molecule has 0 radical (unpaired) electrons. The summed E-state index contributed by atoms with van der Waals surface area (Å²) in [6.07, 6.45) is 0.559. The summed E-state index contributed by atoms with van der Waals surface area (Å²) in [7, 11) is 0. The number of urea groups is 1. The molecule has 0 aliphatic carbocycles. The van der Waals surface area contributed by atoms with Crippen molar-refractivity contribution < 1.29 is 14.0 Å². The van der Waals surface area contributed by atoms with Gasteiger partial charge in [0.1, 0.15) is 5.82 Å². The van der Waals surface area contributed by atoms with Crippen molar-refractivity contribution in [2.24, 2.45) is 0 Å². The lowest BCUT2D eigenvalue weighted by Crippen LogP contribution is -2.37. The van der Waals surface area contributed by atoms with Gasteiger partial charge in [-0.3, -0.25) is 9.69 Å². The number of benzene rings is 3. The van der Waals surface area contributed by atoms with Gasteiger partial charge < -0.3 is 10.6 Å². The van der Waals surface area contributed by atoms with E-state index in [0.717, 1.165) is 16.9 Å². The number of anilines is 2. The second-order valence-electron chi connectivity index (χ2n) is 6.90. The molecule has 0 bridgehead atoms. The number of hydrogen-bond acceptors (Lipinski definition) is 2. The third kappa shape index (κ3) is 5.91. The minimum absolute atomic E-state index is 0.241. The molecule has 0 heterocycles. The lowest BCUT2D eigenvalue weighted by molar-refractivity contribution is 0.0953. The maximum absolute atomic E-state index is 13.0. The second kappa shape index (κ2) is 10.2.